The van der Waals surface area contributed by atoms with Crippen LogP contribution in [0.4, 0.5) is 4.39 Å². The van der Waals surface area contributed by atoms with Gasteiger partial charge in [0.05, 0.1) is 18.3 Å². The van der Waals surface area contributed by atoms with Crippen LogP contribution in [0, 0.1) is 11.7 Å². The van der Waals surface area contributed by atoms with E-state index in [1.807, 2.05) is 24.5 Å². The number of nitrogens with zero attached hydrogens (tertiary/aromatic N) is 2. The fourth-order valence-electron chi connectivity index (χ4n) is 3.68. The minimum Gasteiger partial charge on any atom is -0.491 e. The third-order valence-electron chi connectivity index (χ3n) is 5.31. The summed E-state index contributed by atoms with van der Waals surface area (Å²) < 4.78 is 24.4. The van der Waals surface area contributed by atoms with E-state index in [-0.39, 0.29) is 17.1 Å². The van der Waals surface area contributed by atoms with Crippen LogP contribution in [0.2, 0.25) is 0 Å². The number of methoxy groups -OCH3 is 1. The van der Waals surface area contributed by atoms with Crippen molar-refractivity contribution in [3.8, 4) is 17.0 Å². The maximum atomic E-state index is 15.7. The molecule has 0 saturated heterocycles. The van der Waals surface area contributed by atoms with E-state index in [2.05, 4.69) is 4.57 Å². The molecule has 0 atom stereocenters. The summed E-state index contributed by atoms with van der Waals surface area (Å²) in [5.41, 5.74) is 1.86. The van der Waals surface area contributed by atoms with Gasteiger partial charge in [-0.1, -0.05) is 18.9 Å². The average molecular weight is 386 g/mol. The monoisotopic (exact) mass is 386 g/mol. The average Bonchev–Trinajstić information content (AvgIpc) is 3.46. The molecule has 2 aromatic heterocycles. The number of aryl methyl sites for hydroxylation is 2. The Hall–Kier alpha value is -2.21. The van der Waals surface area contributed by atoms with Crippen LogP contribution in [-0.4, -0.2) is 22.5 Å². The summed E-state index contributed by atoms with van der Waals surface area (Å²) in [5.74, 6) is 0.738. The first-order chi connectivity index (χ1) is 13.0. The molecule has 2 heterocycles. The Labute approximate surface area is 161 Å². The van der Waals surface area contributed by atoms with Crippen LogP contribution in [0.1, 0.15) is 19.3 Å². The molecule has 27 heavy (non-hydrogen) atoms. The van der Waals surface area contributed by atoms with Crippen molar-refractivity contribution in [3.63, 3.8) is 0 Å². The second kappa shape index (κ2) is 7.08. The van der Waals surface area contributed by atoms with E-state index in [0.717, 1.165) is 29.3 Å². The van der Waals surface area contributed by atoms with Crippen molar-refractivity contribution in [1.82, 2.24) is 9.13 Å². The first-order valence-corrected chi connectivity index (χ1v) is 10.4. The van der Waals surface area contributed by atoms with Crippen LogP contribution in [0.3, 0.4) is 0 Å². The molecule has 0 unspecified atom stereocenters. The van der Waals surface area contributed by atoms with Crippen LogP contribution < -0.4 is 10.3 Å². The van der Waals surface area contributed by atoms with Gasteiger partial charge >= 0.3 is 0 Å². The van der Waals surface area contributed by atoms with E-state index in [4.69, 9.17) is 4.74 Å². The van der Waals surface area contributed by atoms with Crippen molar-refractivity contribution < 1.29 is 9.13 Å². The molecule has 4 nitrogen and oxygen atoms in total. The molecular formula is C21H23FN2O2S. The lowest BCUT2D eigenvalue weighted by molar-refractivity contribution is 0.405. The summed E-state index contributed by atoms with van der Waals surface area (Å²) in [6.07, 6.45) is 7.23. The summed E-state index contributed by atoms with van der Waals surface area (Å²) in [7, 11) is 3.13. The highest BCUT2D eigenvalue weighted by molar-refractivity contribution is 7.98. The highest BCUT2D eigenvalue weighted by Gasteiger charge is 2.25. The van der Waals surface area contributed by atoms with Crippen LogP contribution in [0.15, 0.2) is 40.2 Å². The van der Waals surface area contributed by atoms with Crippen molar-refractivity contribution >= 4 is 22.7 Å². The first-order valence-electron chi connectivity index (χ1n) is 9.15. The minimum absolute atomic E-state index is 0.221. The maximum Gasteiger partial charge on any atom is 0.292 e. The highest BCUT2D eigenvalue weighted by Crippen LogP contribution is 2.39. The van der Waals surface area contributed by atoms with Gasteiger partial charge in [0.25, 0.3) is 5.56 Å². The third-order valence-corrected chi connectivity index (χ3v) is 6.09. The molecule has 0 radical (unpaired) electrons. The zero-order valence-corrected chi connectivity index (χ0v) is 16.6. The molecule has 0 aliphatic heterocycles. The summed E-state index contributed by atoms with van der Waals surface area (Å²) >= 11 is 1.55. The van der Waals surface area contributed by atoms with Gasteiger partial charge in [-0.3, -0.25) is 4.79 Å². The Morgan fingerprint density at radius 2 is 2.11 bits per heavy atom. The molecule has 3 aromatic rings. The number of rotatable bonds is 6. The number of halogens is 1. The quantitative estimate of drug-likeness (QED) is 0.577. The Morgan fingerprint density at radius 3 is 2.78 bits per heavy atom. The smallest absolute Gasteiger partial charge is 0.292 e. The molecule has 142 valence electrons. The van der Waals surface area contributed by atoms with E-state index in [0.29, 0.717) is 16.6 Å². The van der Waals surface area contributed by atoms with E-state index >= 15 is 4.39 Å². The van der Waals surface area contributed by atoms with Gasteiger partial charge in [-0.2, -0.15) is 0 Å². The Kier molecular flexibility index (Phi) is 4.76. The third kappa shape index (κ3) is 3.16. The fourth-order valence-corrected chi connectivity index (χ4v) is 4.30. The fraction of sp³-hybridized carbons (Fsp3) is 0.381. The summed E-state index contributed by atoms with van der Waals surface area (Å²) in [6, 6.07) is 7.55. The lowest BCUT2D eigenvalue weighted by atomic mass is 10.1. The van der Waals surface area contributed by atoms with Gasteiger partial charge in [-0.25, -0.2) is 4.39 Å². The molecule has 4 rings (SSSR count). The van der Waals surface area contributed by atoms with Gasteiger partial charge in [-0.15, -0.1) is 11.8 Å². The number of benzene rings is 1. The SMILES string of the molecule is COc1cc(-c2c(F)c3c(SC)cccc3n2CCC2CC2)cn(C)c1=O. The van der Waals surface area contributed by atoms with E-state index in [1.54, 1.807) is 31.1 Å². The Bertz CT molecular complexity index is 1070. The molecule has 1 saturated carbocycles. The Morgan fingerprint density at radius 1 is 1.33 bits per heavy atom. The van der Waals surface area contributed by atoms with Crippen molar-refractivity contribution in [3.05, 3.63) is 46.6 Å². The van der Waals surface area contributed by atoms with Crippen LogP contribution >= 0.6 is 11.8 Å². The van der Waals surface area contributed by atoms with Crippen molar-refractivity contribution in [1.29, 1.82) is 0 Å². The number of thioether (sulfide) groups is 1. The first kappa shape index (κ1) is 18.2. The van der Waals surface area contributed by atoms with Gasteiger partial charge < -0.3 is 13.9 Å². The molecule has 6 heteroatoms. The molecule has 1 fully saturated rings. The predicted molar refractivity (Wildman–Crippen MR) is 108 cm³/mol. The van der Waals surface area contributed by atoms with Crippen LogP contribution in [0.25, 0.3) is 22.2 Å². The van der Waals surface area contributed by atoms with Gasteiger partial charge in [0, 0.05) is 35.6 Å². The molecule has 0 N–H and O–H groups in total. The Balaban J connectivity index is 1.98. The zero-order chi connectivity index (χ0) is 19.1. The van der Waals surface area contributed by atoms with Gasteiger partial charge in [0.15, 0.2) is 11.6 Å². The molecule has 0 amide bonds. The molecular weight excluding hydrogens is 363 g/mol. The summed E-state index contributed by atoms with van der Waals surface area (Å²) in [4.78, 5) is 13.1. The van der Waals surface area contributed by atoms with Gasteiger partial charge in [0.2, 0.25) is 0 Å². The number of aromatic nitrogens is 2. The summed E-state index contributed by atoms with van der Waals surface area (Å²) in [6.45, 7) is 0.767. The number of pyridine rings is 1. The number of fused-ring (bicyclic) bond motifs is 1. The number of hydrogen-bond donors (Lipinski definition) is 0. The van der Waals surface area contributed by atoms with Crippen LogP contribution in [-0.2, 0) is 13.6 Å². The second-order valence-electron chi connectivity index (χ2n) is 7.11. The zero-order valence-electron chi connectivity index (χ0n) is 15.8. The van der Waals surface area contributed by atoms with Crippen LogP contribution in [0.5, 0.6) is 5.75 Å². The lowest BCUT2D eigenvalue weighted by Gasteiger charge is -2.13. The minimum atomic E-state index is -0.230. The summed E-state index contributed by atoms with van der Waals surface area (Å²) in [5, 5.41) is 0.656. The number of ether oxygens (including phenoxy) is 1. The van der Waals surface area contributed by atoms with Crippen molar-refractivity contribution in [2.75, 3.05) is 13.4 Å². The molecule has 0 spiro atoms. The van der Waals surface area contributed by atoms with Gasteiger partial charge in [-0.05, 0) is 36.8 Å². The molecule has 1 aliphatic rings. The molecule has 1 aromatic carbocycles. The van der Waals surface area contributed by atoms with E-state index in [1.165, 1.54) is 24.5 Å². The lowest BCUT2D eigenvalue weighted by Crippen LogP contribution is -2.18. The molecule has 0 bridgehead atoms. The maximum absolute atomic E-state index is 15.7. The van der Waals surface area contributed by atoms with E-state index < -0.39 is 0 Å². The number of hydrogen-bond acceptors (Lipinski definition) is 3. The largest absolute Gasteiger partial charge is 0.491 e. The van der Waals surface area contributed by atoms with Crippen molar-refractivity contribution in [2.24, 2.45) is 13.0 Å². The molecule has 1 aliphatic carbocycles. The predicted octanol–water partition coefficient (Wildman–Crippen LogP) is 4.68. The highest BCUT2D eigenvalue weighted by atomic mass is 32.2. The van der Waals surface area contributed by atoms with Gasteiger partial charge in [0.1, 0.15) is 0 Å². The normalized spacial score (nSPS) is 14.1. The second-order valence-corrected chi connectivity index (χ2v) is 7.96. The topological polar surface area (TPSA) is 36.2 Å². The van der Waals surface area contributed by atoms with E-state index in [9.17, 15) is 4.79 Å². The standard InChI is InChI=1S/C21H23FN2O2S/c1-23-12-14(11-16(26-2)21(23)25)20-19(22)18-15(5-4-6-17(18)27-3)24(20)10-9-13-7-8-13/h4-6,11-13H,7-10H2,1-3H3. The van der Waals surface area contributed by atoms with Crippen molar-refractivity contribution in [2.45, 2.75) is 30.7 Å².